The van der Waals surface area contributed by atoms with E-state index in [9.17, 15) is 0 Å². The smallest absolute Gasteiger partial charge is 0.0713 e. The summed E-state index contributed by atoms with van der Waals surface area (Å²) in [5.41, 5.74) is 4.83. The van der Waals surface area contributed by atoms with E-state index in [1.807, 2.05) is 0 Å². The molecule has 2 aliphatic heterocycles. The van der Waals surface area contributed by atoms with Crippen molar-refractivity contribution in [3.8, 4) is 0 Å². The fourth-order valence-electron chi connectivity index (χ4n) is 2.39. The first-order chi connectivity index (χ1) is 5.77. The number of fused-ring (bicyclic) bond motifs is 1. The highest BCUT2D eigenvalue weighted by molar-refractivity contribution is 5.44. The van der Waals surface area contributed by atoms with Gasteiger partial charge in [-0.05, 0) is 38.7 Å². The van der Waals surface area contributed by atoms with Crippen molar-refractivity contribution in [2.24, 2.45) is 0 Å². The molecule has 0 aromatic heterocycles. The molecule has 0 aromatic rings. The number of allylic oxidation sites excluding steroid dienone is 3. The van der Waals surface area contributed by atoms with Crippen molar-refractivity contribution < 1.29 is 0 Å². The summed E-state index contributed by atoms with van der Waals surface area (Å²) < 4.78 is 0. The van der Waals surface area contributed by atoms with Crippen LogP contribution in [-0.2, 0) is 0 Å². The molecule has 2 saturated heterocycles. The lowest BCUT2D eigenvalue weighted by Gasteiger charge is -2.21. The molecule has 0 bridgehead atoms. The molecule has 0 radical (unpaired) electrons. The Morgan fingerprint density at radius 2 is 2.25 bits per heavy atom. The molecule has 0 aromatic carbocycles. The van der Waals surface area contributed by atoms with E-state index in [4.69, 9.17) is 0 Å². The third-order valence-electron chi connectivity index (χ3n) is 3.26. The maximum atomic E-state index is 2.55. The average molecular weight is 161 g/mol. The minimum Gasteiger partial charge on any atom is -0.362 e. The summed E-state index contributed by atoms with van der Waals surface area (Å²) in [5, 5.41) is 0. The summed E-state index contributed by atoms with van der Waals surface area (Å²) in [4.78, 5) is 2.55. The van der Waals surface area contributed by atoms with Gasteiger partial charge in [-0.3, -0.25) is 0 Å². The summed E-state index contributed by atoms with van der Waals surface area (Å²) in [7, 11) is 0. The predicted molar refractivity (Wildman–Crippen MR) is 49.7 cm³/mol. The molecule has 1 nitrogen and oxygen atoms in total. The number of hydrogen-bond acceptors (Lipinski definition) is 1. The van der Waals surface area contributed by atoms with E-state index < -0.39 is 0 Å². The quantitative estimate of drug-likeness (QED) is 0.534. The first-order valence-corrected chi connectivity index (χ1v) is 4.96. The Morgan fingerprint density at radius 3 is 2.67 bits per heavy atom. The molecule has 3 fully saturated rings. The zero-order chi connectivity index (χ0) is 8.29. The van der Waals surface area contributed by atoms with Gasteiger partial charge in [-0.25, -0.2) is 0 Å². The molecule has 0 amide bonds. The Balaban J connectivity index is 1.83. The third kappa shape index (κ3) is 0.796. The Bertz CT molecular complexity index is 292. The molecular formula is C11H15N. The third-order valence-corrected chi connectivity index (χ3v) is 3.26. The first-order valence-electron chi connectivity index (χ1n) is 4.96. The average Bonchev–Trinajstić information content (AvgIpc) is 2.84. The summed E-state index contributed by atoms with van der Waals surface area (Å²) in [6.07, 6.45) is 6.51. The summed E-state index contributed by atoms with van der Waals surface area (Å²) in [6.45, 7) is 4.59. The largest absolute Gasteiger partial charge is 0.362 e. The highest BCUT2D eigenvalue weighted by Crippen LogP contribution is 2.51. The van der Waals surface area contributed by atoms with Crippen LogP contribution in [0.3, 0.4) is 0 Å². The highest BCUT2D eigenvalue weighted by atomic mass is 15.4. The van der Waals surface area contributed by atoms with E-state index in [0.717, 1.165) is 12.1 Å². The molecule has 1 heteroatoms. The van der Waals surface area contributed by atoms with Gasteiger partial charge in [0, 0.05) is 11.7 Å². The lowest BCUT2D eigenvalue weighted by molar-refractivity contribution is 0.276. The number of rotatable bonds is 1. The van der Waals surface area contributed by atoms with Gasteiger partial charge in [0.15, 0.2) is 0 Å². The van der Waals surface area contributed by atoms with Crippen LogP contribution in [-0.4, -0.2) is 17.0 Å². The maximum Gasteiger partial charge on any atom is 0.0713 e. The second kappa shape index (κ2) is 1.95. The topological polar surface area (TPSA) is 3.01 Å². The van der Waals surface area contributed by atoms with Crippen molar-refractivity contribution in [3.05, 3.63) is 22.9 Å². The highest BCUT2D eigenvalue weighted by Gasteiger charge is 2.54. The van der Waals surface area contributed by atoms with Crippen molar-refractivity contribution in [3.63, 3.8) is 0 Å². The Kier molecular flexibility index (Phi) is 1.10. The van der Waals surface area contributed by atoms with Crippen molar-refractivity contribution in [1.29, 1.82) is 0 Å². The molecule has 3 rings (SSSR count). The maximum absolute atomic E-state index is 2.55. The first kappa shape index (κ1) is 6.76. The number of hydrogen-bond donors (Lipinski definition) is 0. The Hall–Kier alpha value is -0.720. The van der Waals surface area contributed by atoms with E-state index in [2.05, 4.69) is 24.8 Å². The van der Waals surface area contributed by atoms with Crippen LogP contribution in [0.5, 0.6) is 0 Å². The lowest BCUT2D eigenvalue weighted by Crippen LogP contribution is -2.28. The SMILES string of the molecule is C/C(C=C1CC1)=C1\C2CC(C)N12. The fourth-order valence-corrected chi connectivity index (χ4v) is 2.39. The normalized spacial score (nSPS) is 40.2. The second-order valence-electron chi connectivity index (χ2n) is 4.38. The van der Waals surface area contributed by atoms with Crippen LogP contribution in [0.1, 0.15) is 33.1 Å². The van der Waals surface area contributed by atoms with E-state index in [0.29, 0.717) is 0 Å². The number of nitrogens with zero attached hydrogens (tertiary/aromatic N) is 1. The summed E-state index contributed by atoms with van der Waals surface area (Å²) in [6, 6.07) is 1.69. The van der Waals surface area contributed by atoms with Crippen molar-refractivity contribution in [2.75, 3.05) is 0 Å². The van der Waals surface area contributed by atoms with Crippen molar-refractivity contribution in [1.82, 2.24) is 4.90 Å². The van der Waals surface area contributed by atoms with E-state index in [1.54, 1.807) is 11.3 Å². The van der Waals surface area contributed by atoms with Gasteiger partial charge in [-0.15, -0.1) is 0 Å². The van der Waals surface area contributed by atoms with Crippen LogP contribution in [0, 0.1) is 0 Å². The molecule has 2 heterocycles. The van der Waals surface area contributed by atoms with E-state index in [-0.39, 0.29) is 0 Å². The Morgan fingerprint density at radius 1 is 1.50 bits per heavy atom. The van der Waals surface area contributed by atoms with E-state index >= 15 is 0 Å². The molecular weight excluding hydrogens is 146 g/mol. The van der Waals surface area contributed by atoms with Gasteiger partial charge in [-0.2, -0.15) is 0 Å². The lowest BCUT2D eigenvalue weighted by atomic mass is 10.1. The molecule has 12 heavy (non-hydrogen) atoms. The van der Waals surface area contributed by atoms with Gasteiger partial charge in [0.2, 0.25) is 0 Å². The Labute approximate surface area is 73.8 Å². The summed E-state index contributed by atoms with van der Waals surface area (Å²) in [5.74, 6) is 0. The van der Waals surface area contributed by atoms with Crippen molar-refractivity contribution >= 4 is 0 Å². The van der Waals surface area contributed by atoms with Gasteiger partial charge in [0.05, 0.1) is 6.04 Å². The zero-order valence-electron chi connectivity index (χ0n) is 7.80. The van der Waals surface area contributed by atoms with Gasteiger partial charge >= 0.3 is 0 Å². The molecule has 2 unspecified atom stereocenters. The molecule has 3 aliphatic rings. The molecule has 1 aliphatic carbocycles. The fraction of sp³-hybridized carbons (Fsp3) is 0.636. The minimum absolute atomic E-state index is 0.831. The minimum atomic E-state index is 0.831. The van der Waals surface area contributed by atoms with Gasteiger partial charge < -0.3 is 4.90 Å². The van der Waals surface area contributed by atoms with Gasteiger partial charge in [0.25, 0.3) is 0 Å². The standard InChI is InChI=1S/C11H15N/c1-7(5-9-3-4-9)11-10-6-8(2)12(10)11/h5,8,10H,3-4,6H2,1-2H3/b11-7-. The van der Waals surface area contributed by atoms with Crippen LogP contribution in [0.4, 0.5) is 0 Å². The van der Waals surface area contributed by atoms with Crippen LogP contribution in [0.25, 0.3) is 0 Å². The second-order valence-corrected chi connectivity index (χ2v) is 4.38. The van der Waals surface area contributed by atoms with Crippen molar-refractivity contribution in [2.45, 2.75) is 45.2 Å². The van der Waals surface area contributed by atoms with E-state index in [1.165, 1.54) is 24.8 Å². The predicted octanol–water partition coefficient (Wildman–Crippen LogP) is 2.46. The molecule has 2 atom stereocenters. The summed E-state index contributed by atoms with van der Waals surface area (Å²) >= 11 is 0. The zero-order valence-corrected chi connectivity index (χ0v) is 7.80. The molecule has 0 spiro atoms. The van der Waals surface area contributed by atoms with Crippen LogP contribution >= 0.6 is 0 Å². The van der Waals surface area contributed by atoms with Gasteiger partial charge in [0.1, 0.15) is 0 Å². The monoisotopic (exact) mass is 161 g/mol. The molecule has 1 saturated carbocycles. The molecule has 0 N–H and O–H groups in total. The van der Waals surface area contributed by atoms with Crippen LogP contribution in [0.2, 0.25) is 0 Å². The van der Waals surface area contributed by atoms with Gasteiger partial charge in [-0.1, -0.05) is 11.6 Å². The molecule has 64 valence electrons. The van der Waals surface area contributed by atoms with Crippen LogP contribution in [0.15, 0.2) is 22.9 Å². The van der Waals surface area contributed by atoms with Crippen LogP contribution < -0.4 is 0 Å².